The average Bonchev–Trinajstić information content (AvgIpc) is 2.90. The number of carboxylic acid groups (broad SMARTS) is 1. The van der Waals surface area contributed by atoms with E-state index in [0.717, 1.165) is 0 Å². The maximum absolute atomic E-state index is 11.6. The summed E-state index contributed by atoms with van der Waals surface area (Å²) < 4.78 is 5.10. The van der Waals surface area contributed by atoms with Crippen LogP contribution in [0.15, 0.2) is 16.0 Å². The molecule has 1 N–H and O–H groups in total. The van der Waals surface area contributed by atoms with Gasteiger partial charge < -0.3 is 9.63 Å². The number of rotatable bonds is 5. The molecule has 0 spiro atoms. The number of likely N-dealkylation sites (N-methyl/N-ethyl adjacent to an activating group) is 1. The number of hydrogen-bond acceptors (Lipinski definition) is 5. The third-order valence-electron chi connectivity index (χ3n) is 3.40. The fourth-order valence-corrected chi connectivity index (χ4v) is 3.27. The minimum atomic E-state index is -0.892. The first-order valence-electron chi connectivity index (χ1n) is 6.30. The minimum Gasteiger partial charge on any atom is -0.480 e. The molecule has 5 nitrogen and oxygen atoms in total. The van der Waals surface area contributed by atoms with E-state index >= 15 is 0 Å². The molecule has 2 rings (SSSR count). The SMILES string of the molecule is Cc1ccsc1CN(C)[C@@H](C(=O)O)c1c(C)noc1C. The van der Waals surface area contributed by atoms with Gasteiger partial charge in [-0.3, -0.25) is 9.69 Å². The summed E-state index contributed by atoms with van der Waals surface area (Å²) >= 11 is 1.64. The lowest BCUT2D eigenvalue weighted by Gasteiger charge is -2.24. The second-order valence-electron chi connectivity index (χ2n) is 4.92. The molecular formula is C14H18N2O3S. The number of aromatic nitrogens is 1. The molecule has 2 heterocycles. The van der Waals surface area contributed by atoms with E-state index < -0.39 is 12.0 Å². The average molecular weight is 294 g/mol. The van der Waals surface area contributed by atoms with Gasteiger partial charge in [-0.05, 0) is 44.8 Å². The number of hydrogen-bond donors (Lipinski definition) is 1. The summed E-state index contributed by atoms with van der Waals surface area (Å²) in [4.78, 5) is 14.6. The van der Waals surface area contributed by atoms with Crippen molar-refractivity contribution in [2.75, 3.05) is 7.05 Å². The molecule has 0 aliphatic heterocycles. The minimum absolute atomic E-state index is 0.560. The van der Waals surface area contributed by atoms with Crippen molar-refractivity contribution in [1.29, 1.82) is 0 Å². The van der Waals surface area contributed by atoms with Crippen LogP contribution in [0.5, 0.6) is 0 Å². The highest BCUT2D eigenvalue weighted by Gasteiger charge is 2.31. The molecule has 0 radical (unpaired) electrons. The van der Waals surface area contributed by atoms with Gasteiger partial charge in [0.15, 0.2) is 0 Å². The Bertz CT molecular complexity index is 598. The van der Waals surface area contributed by atoms with Gasteiger partial charge >= 0.3 is 5.97 Å². The van der Waals surface area contributed by atoms with E-state index in [2.05, 4.69) is 5.16 Å². The Morgan fingerprint density at radius 2 is 2.20 bits per heavy atom. The Morgan fingerprint density at radius 3 is 2.65 bits per heavy atom. The monoisotopic (exact) mass is 294 g/mol. The summed E-state index contributed by atoms with van der Waals surface area (Å²) in [7, 11) is 1.81. The third-order valence-corrected chi connectivity index (χ3v) is 4.41. The normalized spacial score (nSPS) is 12.8. The molecule has 20 heavy (non-hydrogen) atoms. The molecule has 0 unspecified atom stereocenters. The smallest absolute Gasteiger partial charge is 0.325 e. The van der Waals surface area contributed by atoms with Crippen LogP contribution in [0.4, 0.5) is 0 Å². The van der Waals surface area contributed by atoms with Crippen molar-refractivity contribution in [2.24, 2.45) is 0 Å². The fraction of sp³-hybridized carbons (Fsp3) is 0.429. The van der Waals surface area contributed by atoms with Gasteiger partial charge in [0.05, 0.1) is 5.69 Å². The topological polar surface area (TPSA) is 66.6 Å². The van der Waals surface area contributed by atoms with Crippen LogP contribution in [0.3, 0.4) is 0 Å². The molecular weight excluding hydrogens is 276 g/mol. The predicted molar refractivity (Wildman–Crippen MR) is 76.9 cm³/mol. The molecule has 0 saturated carbocycles. The van der Waals surface area contributed by atoms with Crippen LogP contribution in [0.2, 0.25) is 0 Å². The molecule has 2 aromatic rings. The maximum Gasteiger partial charge on any atom is 0.325 e. The van der Waals surface area contributed by atoms with Crippen molar-refractivity contribution in [3.8, 4) is 0 Å². The van der Waals surface area contributed by atoms with Crippen molar-refractivity contribution in [3.05, 3.63) is 38.9 Å². The maximum atomic E-state index is 11.6. The summed E-state index contributed by atoms with van der Waals surface area (Å²) in [6.07, 6.45) is 0. The number of thiophene rings is 1. The first-order valence-corrected chi connectivity index (χ1v) is 7.18. The largest absolute Gasteiger partial charge is 0.480 e. The Kier molecular flexibility index (Phi) is 4.25. The summed E-state index contributed by atoms with van der Waals surface area (Å²) in [5.74, 6) is -0.333. The molecule has 0 aliphatic rings. The van der Waals surface area contributed by atoms with Crippen LogP contribution in [0.25, 0.3) is 0 Å². The number of carboxylic acids is 1. The second kappa shape index (κ2) is 5.76. The lowest BCUT2D eigenvalue weighted by atomic mass is 10.0. The molecule has 0 bridgehead atoms. The van der Waals surface area contributed by atoms with Gasteiger partial charge in [0.2, 0.25) is 0 Å². The van der Waals surface area contributed by atoms with E-state index in [1.165, 1.54) is 10.4 Å². The zero-order valence-electron chi connectivity index (χ0n) is 12.0. The van der Waals surface area contributed by atoms with Crippen molar-refractivity contribution in [3.63, 3.8) is 0 Å². The lowest BCUT2D eigenvalue weighted by molar-refractivity contribution is -0.143. The van der Waals surface area contributed by atoms with E-state index in [4.69, 9.17) is 4.52 Å². The van der Waals surface area contributed by atoms with Gasteiger partial charge in [-0.1, -0.05) is 5.16 Å². The van der Waals surface area contributed by atoms with Gasteiger partial charge in [0.1, 0.15) is 11.8 Å². The lowest BCUT2D eigenvalue weighted by Crippen LogP contribution is -2.31. The summed E-state index contributed by atoms with van der Waals surface area (Å²) in [5, 5.41) is 15.4. The highest BCUT2D eigenvalue weighted by molar-refractivity contribution is 7.10. The fourth-order valence-electron chi connectivity index (χ4n) is 2.30. The quantitative estimate of drug-likeness (QED) is 0.918. The predicted octanol–water partition coefficient (Wildman–Crippen LogP) is 2.92. The van der Waals surface area contributed by atoms with E-state index in [0.29, 0.717) is 23.6 Å². The van der Waals surface area contributed by atoms with E-state index in [9.17, 15) is 9.90 Å². The zero-order chi connectivity index (χ0) is 14.9. The van der Waals surface area contributed by atoms with Crippen molar-refractivity contribution in [1.82, 2.24) is 10.1 Å². The highest BCUT2D eigenvalue weighted by atomic mass is 32.1. The molecule has 108 valence electrons. The standard InChI is InChI=1S/C14H18N2O3S/c1-8-5-6-20-11(8)7-16(4)13(14(17)18)12-9(2)15-19-10(12)3/h5-6,13H,7H2,1-4H3,(H,17,18)/t13-/m1/s1. The van der Waals surface area contributed by atoms with Crippen LogP contribution in [0.1, 0.15) is 33.5 Å². The Morgan fingerprint density at radius 1 is 1.50 bits per heavy atom. The zero-order valence-corrected chi connectivity index (χ0v) is 12.8. The molecule has 1 atom stereocenters. The number of aryl methyl sites for hydroxylation is 3. The first-order chi connectivity index (χ1) is 9.41. The molecule has 0 amide bonds. The molecule has 0 aliphatic carbocycles. The van der Waals surface area contributed by atoms with Crippen LogP contribution >= 0.6 is 11.3 Å². The molecule has 0 saturated heterocycles. The number of carbonyl (C=O) groups is 1. The molecule has 0 aromatic carbocycles. The van der Waals surface area contributed by atoms with E-state index in [1.807, 2.05) is 30.3 Å². The highest BCUT2D eigenvalue weighted by Crippen LogP contribution is 2.29. The molecule has 0 fully saturated rings. The van der Waals surface area contributed by atoms with Gasteiger partial charge in [-0.25, -0.2) is 0 Å². The van der Waals surface area contributed by atoms with Crippen LogP contribution in [0, 0.1) is 20.8 Å². The molecule has 2 aromatic heterocycles. The summed E-state index contributed by atoms with van der Waals surface area (Å²) in [6, 6.07) is 1.29. The van der Waals surface area contributed by atoms with Crippen molar-refractivity contribution in [2.45, 2.75) is 33.4 Å². The van der Waals surface area contributed by atoms with E-state index in [-0.39, 0.29) is 0 Å². The van der Waals surface area contributed by atoms with Gasteiger partial charge in [0, 0.05) is 17.0 Å². The Labute approximate surface area is 121 Å². The van der Waals surface area contributed by atoms with Crippen molar-refractivity contribution < 1.29 is 14.4 Å². The third kappa shape index (κ3) is 2.76. The molecule has 6 heteroatoms. The Hall–Kier alpha value is -1.66. The van der Waals surface area contributed by atoms with Crippen LogP contribution in [-0.4, -0.2) is 28.2 Å². The van der Waals surface area contributed by atoms with E-state index in [1.54, 1.807) is 25.2 Å². The van der Waals surface area contributed by atoms with Crippen molar-refractivity contribution >= 4 is 17.3 Å². The van der Waals surface area contributed by atoms with Gasteiger partial charge in [-0.2, -0.15) is 0 Å². The summed E-state index contributed by atoms with van der Waals surface area (Å²) in [6.45, 7) is 6.14. The summed E-state index contributed by atoms with van der Waals surface area (Å²) in [5.41, 5.74) is 2.46. The van der Waals surface area contributed by atoms with Gasteiger partial charge in [0.25, 0.3) is 0 Å². The Balaban J connectivity index is 2.30. The van der Waals surface area contributed by atoms with Gasteiger partial charge in [-0.15, -0.1) is 11.3 Å². The number of nitrogens with zero attached hydrogens (tertiary/aromatic N) is 2. The number of aliphatic carboxylic acids is 1. The van der Waals surface area contributed by atoms with Crippen LogP contribution < -0.4 is 0 Å². The second-order valence-corrected chi connectivity index (χ2v) is 5.92. The first kappa shape index (κ1) is 14.7. The van der Waals surface area contributed by atoms with Crippen LogP contribution in [-0.2, 0) is 11.3 Å².